The van der Waals surface area contributed by atoms with Crippen molar-refractivity contribution in [1.82, 2.24) is 5.32 Å². The Morgan fingerprint density at radius 3 is 1.84 bits per heavy atom. The number of rotatable bonds is 6. The lowest BCUT2D eigenvalue weighted by Crippen LogP contribution is -2.52. The summed E-state index contributed by atoms with van der Waals surface area (Å²) in [4.78, 5) is 13.6. The fourth-order valence-electron chi connectivity index (χ4n) is 4.34. The van der Waals surface area contributed by atoms with E-state index < -0.39 is 48.7 Å². The maximum atomic E-state index is 13.6. The first-order valence-electron chi connectivity index (χ1n) is 11.9. The van der Waals surface area contributed by atoms with Crippen LogP contribution in [0.4, 0.5) is 26.3 Å². The molecule has 0 radical (unpaired) electrons. The molecule has 1 unspecified atom stereocenters. The van der Waals surface area contributed by atoms with Crippen molar-refractivity contribution in [2.24, 2.45) is 0 Å². The molecule has 0 bridgehead atoms. The summed E-state index contributed by atoms with van der Waals surface area (Å²) in [5.41, 5.74) is -5.07. The third-order valence-electron chi connectivity index (χ3n) is 6.47. The number of halogens is 6. The molecule has 3 rings (SSSR count). The lowest BCUT2D eigenvalue weighted by molar-refractivity contribution is -0.143. The lowest BCUT2D eigenvalue weighted by Gasteiger charge is -2.41. The van der Waals surface area contributed by atoms with Crippen molar-refractivity contribution < 1.29 is 35.6 Å². The molecule has 1 amide bonds. The maximum Gasteiger partial charge on any atom is 0.416 e. The molecule has 0 spiro atoms. The van der Waals surface area contributed by atoms with Gasteiger partial charge >= 0.3 is 12.4 Å². The number of hydrogen-bond donors (Lipinski definition) is 1. The highest BCUT2D eigenvalue weighted by molar-refractivity contribution is 6.70. The van der Waals surface area contributed by atoms with Crippen LogP contribution in [0.2, 0.25) is 19.6 Å². The van der Waals surface area contributed by atoms with E-state index in [9.17, 15) is 31.1 Å². The van der Waals surface area contributed by atoms with Crippen LogP contribution in [-0.4, -0.2) is 14.2 Å². The number of alkyl halides is 6. The summed E-state index contributed by atoms with van der Waals surface area (Å²) in [7, 11) is -1.86. The molecule has 1 N–H and O–H groups in total. The first kappa shape index (κ1) is 28.8. The molecule has 2 aromatic carbocycles. The summed E-state index contributed by atoms with van der Waals surface area (Å²) in [5, 5.41) is 3.00. The fraction of sp³-hybridized carbons (Fsp3) is 0.444. The van der Waals surface area contributed by atoms with Gasteiger partial charge in [0, 0.05) is 6.42 Å². The first-order chi connectivity index (χ1) is 16.8. The molecule has 0 fully saturated rings. The Kier molecular flexibility index (Phi) is 7.67. The van der Waals surface area contributed by atoms with E-state index in [0.717, 1.165) is 11.3 Å². The van der Waals surface area contributed by atoms with E-state index in [1.807, 2.05) is 36.4 Å². The molecule has 1 atom stereocenters. The largest absolute Gasteiger partial charge is 0.548 e. The Labute approximate surface area is 214 Å². The third-order valence-corrected chi connectivity index (χ3v) is 7.34. The lowest BCUT2D eigenvalue weighted by atomic mass is 9.76. The van der Waals surface area contributed by atoms with Crippen LogP contribution in [-0.2, 0) is 32.5 Å². The van der Waals surface area contributed by atoms with Crippen LogP contribution in [0.5, 0.6) is 0 Å². The molecule has 0 aliphatic heterocycles. The quantitative estimate of drug-likeness (QED) is 0.297. The van der Waals surface area contributed by atoms with Gasteiger partial charge in [0.1, 0.15) is 0 Å². The van der Waals surface area contributed by atoms with E-state index in [2.05, 4.69) is 25.0 Å². The standard InChI is InChI=1S/C27H31F6NO2Si/c1-24(2,19-15-20(26(28,29)30)17-21(16-19)27(31,32)33)23(35)34-25(18-9-7-6-8-10-18)13-11-22(12-14-25)36-37(3,4)5/h6-11,15-17H,12-14H2,1-5H3,(H,34,35). The Morgan fingerprint density at radius 1 is 0.892 bits per heavy atom. The van der Waals surface area contributed by atoms with Gasteiger partial charge in [0.25, 0.3) is 0 Å². The molecule has 10 heteroatoms. The summed E-state index contributed by atoms with van der Waals surface area (Å²) in [6.45, 7) is 8.83. The highest BCUT2D eigenvalue weighted by Gasteiger charge is 2.43. The smallest absolute Gasteiger partial charge is 0.416 e. The second-order valence-electron chi connectivity index (χ2n) is 10.9. The molecule has 0 aromatic heterocycles. The van der Waals surface area contributed by atoms with Gasteiger partial charge in [-0.3, -0.25) is 4.79 Å². The minimum Gasteiger partial charge on any atom is -0.548 e. The zero-order valence-electron chi connectivity index (χ0n) is 21.4. The van der Waals surface area contributed by atoms with E-state index in [-0.39, 0.29) is 11.6 Å². The second-order valence-corrected chi connectivity index (χ2v) is 15.3. The summed E-state index contributed by atoms with van der Waals surface area (Å²) in [5.74, 6) is 0.152. The number of allylic oxidation sites excluding steroid dienone is 1. The number of carbonyl (C=O) groups is 1. The van der Waals surface area contributed by atoms with Gasteiger partial charge in [0.15, 0.2) is 0 Å². The van der Waals surface area contributed by atoms with Crippen molar-refractivity contribution >= 4 is 14.2 Å². The van der Waals surface area contributed by atoms with Gasteiger partial charge in [-0.1, -0.05) is 30.3 Å². The van der Waals surface area contributed by atoms with E-state index in [0.29, 0.717) is 31.4 Å². The minimum atomic E-state index is -5.01. The third kappa shape index (κ3) is 6.77. The Hall–Kier alpha value is -2.75. The van der Waals surface area contributed by atoms with Crippen LogP contribution in [0.25, 0.3) is 0 Å². The molecule has 0 saturated heterocycles. The number of benzene rings is 2. The molecular weight excluding hydrogens is 512 g/mol. The molecule has 2 aromatic rings. The van der Waals surface area contributed by atoms with Crippen molar-refractivity contribution in [3.05, 3.63) is 82.6 Å². The van der Waals surface area contributed by atoms with Crippen LogP contribution in [0.1, 0.15) is 55.4 Å². The topological polar surface area (TPSA) is 38.3 Å². The molecule has 0 saturated carbocycles. The molecule has 1 aliphatic rings. The number of nitrogens with one attached hydrogen (secondary N) is 1. The average molecular weight is 544 g/mol. The summed E-state index contributed by atoms with van der Waals surface area (Å²) >= 11 is 0. The van der Waals surface area contributed by atoms with Crippen molar-refractivity contribution in [3.8, 4) is 0 Å². The first-order valence-corrected chi connectivity index (χ1v) is 15.3. The zero-order valence-corrected chi connectivity index (χ0v) is 22.4. The van der Waals surface area contributed by atoms with Gasteiger partial charge in [-0.2, -0.15) is 26.3 Å². The monoisotopic (exact) mass is 543 g/mol. The second kappa shape index (κ2) is 9.85. The number of hydrogen-bond acceptors (Lipinski definition) is 2. The van der Waals surface area contributed by atoms with Crippen LogP contribution >= 0.6 is 0 Å². The molecule has 202 valence electrons. The molecule has 0 heterocycles. The van der Waals surface area contributed by atoms with E-state index >= 15 is 0 Å². The Morgan fingerprint density at radius 2 is 1.41 bits per heavy atom. The van der Waals surface area contributed by atoms with Crippen LogP contribution in [0.3, 0.4) is 0 Å². The molecule has 37 heavy (non-hydrogen) atoms. The Bertz CT molecular complexity index is 1130. The summed E-state index contributed by atoms with van der Waals surface area (Å²) in [6, 6.07) is 10.4. The highest BCUT2D eigenvalue weighted by atomic mass is 28.4. The van der Waals surface area contributed by atoms with Gasteiger partial charge < -0.3 is 9.74 Å². The SMILES string of the molecule is CC(C)(C(=O)NC1(c2ccccc2)CC=C(O[Si](C)(C)C)CC1)c1cc(C(F)(F)F)cc(C(F)(F)F)c1. The van der Waals surface area contributed by atoms with Gasteiger partial charge in [0.05, 0.1) is 27.8 Å². The van der Waals surface area contributed by atoms with Crippen molar-refractivity contribution in [3.63, 3.8) is 0 Å². The molecule has 3 nitrogen and oxygen atoms in total. The van der Waals surface area contributed by atoms with Gasteiger partial charge in [-0.25, -0.2) is 0 Å². The minimum absolute atomic E-state index is 0.0644. The highest BCUT2D eigenvalue weighted by Crippen LogP contribution is 2.41. The van der Waals surface area contributed by atoms with Gasteiger partial charge in [-0.05, 0) is 81.7 Å². The summed E-state index contributed by atoms with van der Waals surface area (Å²) < 4.78 is 86.8. The average Bonchev–Trinajstić information content (AvgIpc) is 2.78. The van der Waals surface area contributed by atoms with E-state index in [1.54, 1.807) is 0 Å². The van der Waals surface area contributed by atoms with Crippen LogP contribution in [0.15, 0.2) is 60.4 Å². The zero-order chi connectivity index (χ0) is 27.9. The van der Waals surface area contributed by atoms with Crippen molar-refractivity contribution in [2.45, 2.75) is 76.1 Å². The predicted octanol–water partition coefficient (Wildman–Crippen LogP) is 7.93. The molecule has 1 aliphatic carbocycles. The van der Waals surface area contributed by atoms with E-state index in [1.165, 1.54) is 13.8 Å². The molecular formula is C27H31F6NO2Si. The maximum absolute atomic E-state index is 13.6. The van der Waals surface area contributed by atoms with Gasteiger partial charge in [0.2, 0.25) is 14.2 Å². The normalized spacial score (nSPS) is 19.3. The summed E-state index contributed by atoms with van der Waals surface area (Å²) in [6.07, 6.45) is -6.74. The van der Waals surface area contributed by atoms with Crippen LogP contribution in [0, 0.1) is 0 Å². The predicted molar refractivity (Wildman–Crippen MR) is 132 cm³/mol. The fourth-order valence-corrected chi connectivity index (χ4v) is 5.31. The van der Waals surface area contributed by atoms with Crippen molar-refractivity contribution in [1.29, 1.82) is 0 Å². The Balaban J connectivity index is 2.01. The van der Waals surface area contributed by atoms with Gasteiger partial charge in [-0.15, -0.1) is 0 Å². The number of carbonyl (C=O) groups excluding carboxylic acids is 1. The van der Waals surface area contributed by atoms with E-state index in [4.69, 9.17) is 4.43 Å². The van der Waals surface area contributed by atoms with Crippen molar-refractivity contribution in [2.75, 3.05) is 0 Å². The number of amides is 1. The van der Waals surface area contributed by atoms with Crippen LogP contribution < -0.4 is 5.32 Å².